The summed E-state index contributed by atoms with van der Waals surface area (Å²) >= 11 is 0. The van der Waals surface area contributed by atoms with Crippen molar-refractivity contribution in [3.8, 4) is 0 Å². The molecule has 10 nitrogen and oxygen atoms in total. The van der Waals surface area contributed by atoms with Gasteiger partial charge < -0.3 is 20.4 Å². The molecular weight excluding hydrogens is 280 g/mol. The topological polar surface area (TPSA) is 163 Å². The summed E-state index contributed by atoms with van der Waals surface area (Å²) in [5, 5.41) is 36.2. The third-order valence-electron chi connectivity index (χ3n) is 1.40. The van der Waals surface area contributed by atoms with Gasteiger partial charge in [0.2, 0.25) is 6.29 Å². The Hall–Kier alpha value is -1.62. The van der Waals surface area contributed by atoms with Gasteiger partial charge in [-0.1, -0.05) is 26.7 Å². The average Bonchev–Trinajstić information content (AvgIpc) is 2.31. The van der Waals surface area contributed by atoms with Gasteiger partial charge in [-0.15, -0.1) is 0 Å². The maximum Gasteiger partial charge on any atom is 0.503 e. The third kappa shape index (κ3) is 44.0. The van der Waals surface area contributed by atoms with Crippen molar-refractivity contribution in [3.05, 3.63) is 0 Å². The lowest BCUT2D eigenvalue weighted by Crippen LogP contribution is -2.15. The molecule has 0 aromatic rings. The van der Waals surface area contributed by atoms with Crippen LogP contribution in [-0.4, -0.2) is 50.9 Å². The van der Waals surface area contributed by atoms with Crippen LogP contribution in [0.5, 0.6) is 0 Å². The number of unbranched alkanes of at least 4 members (excludes halogenated alkanes) is 1. The fraction of sp³-hybridized carbons (Fsp3) is 0.800. The first-order valence-corrected chi connectivity index (χ1v) is 5.73. The molecule has 0 aliphatic rings. The maximum atomic E-state index is 8.56. The molecular formula is C10H22O10. The largest absolute Gasteiger partial charge is 0.503 e. The molecule has 1 unspecified atom stereocenters. The van der Waals surface area contributed by atoms with E-state index in [1.807, 2.05) is 6.92 Å². The highest BCUT2D eigenvalue weighted by Gasteiger charge is 2.07. The van der Waals surface area contributed by atoms with Crippen molar-refractivity contribution in [2.24, 2.45) is 0 Å². The smallest absolute Gasteiger partial charge is 0.450 e. The molecule has 0 aliphatic carbocycles. The van der Waals surface area contributed by atoms with Gasteiger partial charge in [0.1, 0.15) is 0 Å². The van der Waals surface area contributed by atoms with Gasteiger partial charge in [-0.2, -0.15) is 0 Å². The van der Waals surface area contributed by atoms with Gasteiger partial charge in [-0.25, -0.2) is 29.5 Å². The van der Waals surface area contributed by atoms with Crippen LogP contribution in [0.1, 0.15) is 39.5 Å². The summed E-state index contributed by atoms with van der Waals surface area (Å²) in [4.78, 5) is 30.7. The molecule has 0 radical (unpaired) electrons. The number of rotatable bonds is 8. The van der Waals surface area contributed by atoms with Crippen molar-refractivity contribution in [3.63, 3.8) is 0 Å². The Morgan fingerprint density at radius 3 is 1.75 bits per heavy atom. The average molecular weight is 302 g/mol. The van der Waals surface area contributed by atoms with E-state index in [9.17, 15) is 0 Å². The first-order chi connectivity index (χ1) is 9.31. The molecule has 0 amide bonds. The van der Waals surface area contributed by atoms with Crippen molar-refractivity contribution in [2.45, 2.75) is 45.8 Å². The normalized spacial score (nSPS) is 10.3. The summed E-state index contributed by atoms with van der Waals surface area (Å²) in [5.41, 5.74) is 0. The summed E-state index contributed by atoms with van der Waals surface area (Å²) in [6.45, 7) is 4.58. The SMILES string of the molecule is CCCCOOC(CCC)OO.O=C(O)O.O=C(O)O. The summed E-state index contributed by atoms with van der Waals surface area (Å²) < 4.78 is 0. The molecule has 1 atom stereocenters. The van der Waals surface area contributed by atoms with Crippen molar-refractivity contribution >= 4 is 12.3 Å². The molecule has 122 valence electrons. The highest BCUT2D eigenvalue weighted by atomic mass is 17.3. The second-order valence-electron chi connectivity index (χ2n) is 3.16. The molecule has 0 spiro atoms. The zero-order valence-corrected chi connectivity index (χ0v) is 11.4. The molecule has 0 heterocycles. The van der Waals surface area contributed by atoms with Crippen molar-refractivity contribution < 1.29 is 49.9 Å². The Labute approximate surface area is 116 Å². The van der Waals surface area contributed by atoms with Crippen LogP contribution in [0.2, 0.25) is 0 Å². The van der Waals surface area contributed by atoms with E-state index < -0.39 is 18.6 Å². The van der Waals surface area contributed by atoms with Crippen LogP contribution in [0.3, 0.4) is 0 Å². The molecule has 0 saturated carbocycles. The third-order valence-corrected chi connectivity index (χ3v) is 1.40. The van der Waals surface area contributed by atoms with Gasteiger partial charge in [0, 0.05) is 6.42 Å². The fourth-order valence-electron chi connectivity index (χ4n) is 0.681. The van der Waals surface area contributed by atoms with Crippen LogP contribution in [0.15, 0.2) is 0 Å². The second kappa shape index (κ2) is 19.7. The molecule has 5 N–H and O–H groups in total. The number of carboxylic acid groups (broad SMARTS) is 4. The second-order valence-corrected chi connectivity index (χ2v) is 3.16. The highest BCUT2D eigenvalue weighted by molar-refractivity contribution is 5.53. The maximum absolute atomic E-state index is 8.56. The van der Waals surface area contributed by atoms with Crippen LogP contribution in [0.25, 0.3) is 0 Å². The number of hydrogen-bond acceptors (Lipinski definition) is 6. The van der Waals surface area contributed by atoms with E-state index in [1.54, 1.807) is 0 Å². The minimum Gasteiger partial charge on any atom is -0.450 e. The first-order valence-electron chi connectivity index (χ1n) is 5.73. The van der Waals surface area contributed by atoms with E-state index in [4.69, 9.17) is 45.0 Å². The Morgan fingerprint density at radius 2 is 1.45 bits per heavy atom. The monoisotopic (exact) mass is 302 g/mol. The predicted octanol–water partition coefficient (Wildman–Crippen LogP) is 2.80. The van der Waals surface area contributed by atoms with Crippen molar-refractivity contribution in [1.29, 1.82) is 0 Å². The summed E-state index contributed by atoms with van der Waals surface area (Å²) in [6.07, 6.45) is -0.802. The van der Waals surface area contributed by atoms with E-state index in [1.165, 1.54) is 0 Å². The molecule has 0 aromatic carbocycles. The van der Waals surface area contributed by atoms with E-state index in [0.29, 0.717) is 13.0 Å². The van der Waals surface area contributed by atoms with E-state index >= 15 is 0 Å². The minimum atomic E-state index is -1.83. The predicted molar refractivity (Wildman–Crippen MR) is 65.7 cm³/mol. The van der Waals surface area contributed by atoms with E-state index in [2.05, 4.69) is 11.8 Å². The molecule has 20 heavy (non-hydrogen) atoms. The van der Waals surface area contributed by atoms with E-state index in [-0.39, 0.29) is 0 Å². The Balaban J connectivity index is -0.000000297. The Morgan fingerprint density at radius 1 is 1.00 bits per heavy atom. The lowest BCUT2D eigenvalue weighted by molar-refractivity contribution is -0.449. The van der Waals surface area contributed by atoms with Crippen LogP contribution >= 0.6 is 0 Å². The standard InChI is InChI=1S/C8H18O4.2CH2O3/c1-3-5-7-10-12-8(11-9)6-4-2;2*2-1(3)4/h8-9H,3-7H2,1-2H3;2*(H2,2,3,4). The molecule has 0 aromatic heterocycles. The summed E-state index contributed by atoms with van der Waals surface area (Å²) in [7, 11) is 0. The molecule has 0 rings (SSSR count). The van der Waals surface area contributed by atoms with Crippen molar-refractivity contribution in [2.75, 3.05) is 6.61 Å². The quantitative estimate of drug-likeness (QED) is 0.195. The fourth-order valence-corrected chi connectivity index (χ4v) is 0.681. The highest BCUT2D eigenvalue weighted by Crippen LogP contribution is 2.03. The van der Waals surface area contributed by atoms with Crippen LogP contribution in [-0.2, 0) is 14.7 Å². The Bertz CT molecular complexity index is 200. The Kier molecular flexibility index (Phi) is 23.1. The zero-order chi connectivity index (χ0) is 16.4. The summed E-state index contributed by atoms with van der Waals surface area (Å²) in [6, 6.07) is 0. The first kappa shape index (κ1) is 23.5. The lowest BCUT2D eigenvalue weighted by atomic mass is 10.3. The van der Waals surface area contributed by atoms with Crippen LogP contribution in [0, 0.1) is 0 Å². The van der Waals surface area contributed by atoms with Gasteiger partial charge in [0.05, 0.1) is 6.61 Å². The summed E-state index contributed by atoms with van der Waals surface area (Å²) in [5.74, 6) is 0. The van der Waals surface area contributed by atoms with Crippen LogP contribution in [0.4, 0.5) is 9.59 Å². The zero-order valence-electron chi connectivity index (χ0n) is 11.4. The number of hydrogen-bond donors (Lipinski definition) is 5. The van der Waals surface area contributed by atoms with Gasteiger partial charge >= 0.3 is 12.3 Å². The molecule has 0 saturated heterocycles. The van der Waals surface area contributed by atoms with Crippen molar-refractivity contribution in [1.82, 2.24) is 0 Å². The minimum absolute atomic E-state index is 0.542. The van der Waals surface area contributed by atoms with Gasteiger partial charge in [-0.3, -0.25) is 0 Å². The molecule has 0 bridgehead atoms. The molecule has 10 heteroatoms. The van der Waals surface area contributed by atoms with Gasteiger partial charge in [0.25, 0.3) is 0 Å². The molecule has 0 fully saturated rings. The van der Waals surface area contributed by atoms with E-state index in [0.717, 1.165) is 19.3 Å². The van der Waals surface area contributed by atoms with Crippen LogP contribution < -0.4 is 0 Å². The molecule has 0 aliphatic heterocycles. The van der Waals surface area contributed by atoms with Gasteiger partial charge in [0.15, 0.2) is 0 Å². The number of carbonyl (C=O) groups is 2. The van der Waals surface area contributed by atoms with Gasteiger partial charge in [-0.05, 0) is 6.42 Å². The lowest BCUT2D eigenvalue weighted by Gasteiger charge is -2.11.